The summed E-state index contributed by atoms with van der Waals surface area (Å²) >= 11 is 6.01. The van der Waals surface area contributed by atoms with Crippen LogP contribution in [0.5, 0.6) is 5.75 Å². The predicted molar refractivity (Wildman–Crippen MR) is 84.7 cm³/mol. The van der Waals surface area contributed by atoms with Gasteiger partial charge >= 0.3 is 0 Å². The van der Waals surface area contributed by atoms with Gasteiger partial charge in [0.05, 0.1) is 23.6 Å². The molecule has 1 aliphatic rings. The Labute approximate surface area is 130 Å². The molecule has 1 aliphatic heterocycles. The molecule has 2 N–H and O–H groups in total. The van der Waals surface area contributed by atoms with Crippen molar-refractivity contribution < 1.29 is 13.2 Å². The predicted octanol–water partition coefficient (Wildman–Crippen LogP) is 0.996. The van der Waals surface area contributed by atoms with E-state index in [9.17, 15) is 8.42 Å². The van der Waals surface area contributed by atoms with Gasteiger partial charge in [0.25, 0.3) is 0 Å². The van der Waals surface area contributed by atoms with Crippen molar-refractivity contribution in [2.45, 2.75) is 0 Å². The maximum atomic E-state index is 12.1. The lowest BCUT2D eigenvalue weighted by Crippen LogP contribution is -2.45. The smallest absolute Gasteiger partial charge is 0.234 e. The second-order valence-electron chi connectivity index (χ2n) is 4.86. The molecule has 0 bridgehead atoms. The van der Waals surface area contributed by atoms with Crippen LogP contribution in [-0.4, -0.2) is 58.9 Å². The van der Waals surface area contributed by atoms with Crippen molar-refractivity contribution in [2.75, 3.05) is 50.3 Å². The zero-order chi connectivity index (χ0) is 15.3. The number of hydrogen-bond acceptors (Lipinski definition) is 5. The highest BCUT2D eigenvalue weighted by molar-refractivity contribution is 7.92. The van der Waals surface area contributed by atoms with Gasteiger partial charge in [0, 0.05) is 38.8 Å². The molecule has 0 spiro atoms. The van der Waals surface area contributed by atoms with E-state index in [0.29, 0.717) is 23.0 Å². The lowest BCUT2D eigenvalue weighted by Gasteiger charge is -2.26. The SMILES string of the molecule is COc1ccc(Cl)c(NS(=O)(=O)CCN2CCNCC2)c1. The van der Waals surface area contributed by atoms with E-state index in [-0.39, 0.29) is 5.75 Å². The van der Waals surface area contributed by atoms with Crippen LogP contribution >= 0.6 is 11.6 Å². The Hall–Kier alpha value is -1.02. The summed E-state index contributed by atoms with van der Waals surface area (Å²) in [6, 6.07) is 4.86. The van der Waals surface area contributed by atoms with E-state index in [1.165, 1.54) is 7.11 Å². The Morgan fingerprint density at radius 3 is 2.76 bits per heavy atom. The molecule has 1 fully saturated rings. The van der Waals surface area contributed by atoms with Gasteiger partial charge in [0.2, 0.25) is 10.0 Å². The zero-order valence-corrected chi connectivity index (χ0v) is 13.5. The van der Waals surface area contributed by atoms with E-state index in [0.717, 1.165) is 26.2 Å². The molecule has 0 amide bonds. The molecule has 1 heterocycles. The van der Waals surface area contributed by atoms with Crippen molar-refractivity contribution in [1.29, 1.82) is 0 Å². The minimum absolute atomic E-state index is 0.0422. The number of piperazine rings is 1. The first-order chi connectivity index (χ1) is 10.00. The van der Waals surface area contributed by atoms with Gasteiger partial charge in [-0.25, -0.2) is 8.42 Å². The Kier molecular flexibility index (Phi) is 5.69. The second-order valence-corrected chi connectivity index (χ2v) is 7.11. The molecule has 6 nitrogen and oxygen atoms in total. The summed E-state index contributed by atoms with van der Waals surface area (Å²) < 4.78 is 31.9. The van der Waals surface area contributed by atoms with Crippen molar-refractivity contribution in [1.82, 2.24) is 10.2 Å². The Morgan fingerprint density at radius 1 is 1.38 bits per heavy atom. The molecular weight excluding hydrogens is 314 g/mol. The summed E-state index contributed by atoms with van der Waals surface area (Å²) in [7, 11) is -1.91. The van der Waals surface area contributed by atoms with Crippen LogP contribution in [0.1, 0.15) is 0 Å². The zero-order valence-electron chi connectivity index (χ0n) is 11.9. The number of ether oxygens (including phenoxy) is 1. The Morgan fingerprint density at radius 2 is 2.10 bits per heavy atom. The van der Waals surface area contributed by atoms with Crippen LogP contribution in [0.25, 0.3) is 0 Å². The molecular formula is C13H20ClN3O3S. The number of anilines is 1. The molecule has 1 saturated heterocycles. The van der Waals surface area contributed by atoms with Crippen LogP contribution in [-0.2, 0) is 10.0 Å². The van der Waals surface area contributed by atoms with E-state index in [2.05, 4.69) is 14.9 Å². The Bertz CT molecular complexity index is 574. The van der Waals surface area contributed by atoms with E-state index in [1.807, 2.05) is 0 Å². The van der Waals surface area contributed by atoms with Crippen LogP contribution < -0.4 is 14.8 Å². The van der Waals surface area contributed by atoms with E-state index < -0.39 is 10.0 Å². The number of nitrogens with one attached hydrogen (secondary N) is 2. The lowest BCUT2D eigenvalue weighted by molar-refractivity contribution is 0.254. The maximum Gasteiger partial charge on any atom is 0.234 e. The molecule has 0 atom stereocenters. The summed E-state index contributed by atoms with van der Waals surface area (Å²) in [4.78, 5) is 2.13. The van der Waals surface area contributed by atoms with Crippen molar-refractivity contribution in [3.8, 4) is 5.75 Å². The largest absolute Gasteiger partial charge is 0.497 e. The molecule has 1 aromatic rings. The van der Waals surface area contributed by atoms with Crippen molar-refractivity contribution >= 4 is 27.3 Å². The highest BCUT2D eigenvalue weighted by Gasteiger charge is 2.17. The minimum atomic E-state index is -3.43. The Balaban J connectivity index is 1.96. The van der Waals surface area contributed by atoms with Crippen molar-refractivity contribution in [2.24, 2.45) is 0 Å². The first kappa shape index (κ1) is 16.4. The van der Waals surface area contributed by atoms with Gasteiger partial charge in [-0.15, -0.1) is 0 Å². The summed E-state index contributed by atoms with van der Waals surface area (Å²) in [5.41, 5.74) is 0.344. The lowest BCUT2D eigenvalue weighted by atomic mass is 10.3. The van der Waals surface area contributed by atoms with Gasteiger partial charge in [0.1, 0.15) is 5.75 Å². The first-order valence-corrected chi connectivity index (χ1v) is 8.80. The molecule has 0 aromatic heterocycles. The third-order valence-corrected chi connectivity index (χ3v) is 4.91. The number of sulfonamides is 1. The van der Waals surface area contributed by atoms with Crippen LogP contribution in [0.4, 0.5) is 5.69 Å². The number of nitrogens with zero attached hydrogens (tertiary/aromatic N) is 1. The molecule has 2 rings (SSSR count). The molecule has 8 heteroatoms. The summed E-state index contributed by atoms with van der Waals surface area (Å²) in [5, 5.41) is 3.58. The molecule has 1 aromatic carbocycles. The number of methoxy groups -OCH3 is 1. The third kappa shape index (κ3) is 5.03. The van der Waals surface area contributed by atoms with Gasteiger partial charge in [-0.3, -0.25) is 9.62 Å². The fourth-order valence-corrected chi connectivity index (χ4v) is 3.44. The quantitative estimate of drug-likeness (QED) is 0.812. The van der Waals surface area contributed by atoms with Crippen LogP contribution in [0.15, 0.2) is 18.2 Å². The fraction of sp³-hybridized carbons (Fsp3) is 0.538. The van der Waals surface area contributed by atoms with Crippen LogP contribution in [0.2, 0.25) is 5.02 Å². The topological polar surface area (TPSA) is 70.7 Å². The van der Waals surface area contributed by atoms with Gasteiger partial charge in [-0.1, -0.05) is 11.6 Å². The summed E-state index contributed by atoms with van der Waals surface area (Å²) in [6.07, 6.45) is 0. The molecule has 0 unspecified atom stereocenters. The monoisotopic (exact) mass is 333 g/mol. The average molecular weight is 334 g/mol. The second kappa shape index (κ2) is 7.31. The minimum Gasteiger partial charge on any atom is -0.497 e. The van der Waals surface area contributed by atoms with E-state index in [4.69, 9.17) is 16.3 Å². The van der Waals surface area contributed by atoms with Crippen molar-refractivity contribution in [3.63, 3.8) is 0 Å². The average Bonchev–Trinajstić information content (AvgIpc) is 2.48. The van der Waals surface area contributed by atoms with Crippen LogP contribution in [0, 0.1) is 0 Å². The molecule has 0 aliphatic carbocycles. The molecule has 118 valence electrons. The normalized spacial score (nSPS) is 16.7. The van der Waals surface area contributed by atoms with Gasteiger partial charge in [0.15, 0.2) is 0 Å². The number of hydrogen-bond donors (Lipinski definition) is 2. The van der Waals surface area contributed by atoms with E-state index in [1.54, 1.807) is 18.2 Å². The first-order valence-electron chi connectivity index (χ1n) is 6.77. The molecule has 0 saturated carbocycles. The van der Waals surface area contributed by atoms with Gasteiger partial charge in [-0.05, 0) is 12.1 Å². The van der Waals surface area contributed by atoms with Gasteiger partial charge in [-0.2, -0.15) is 0 Å². The van der Waals surface area contributed by atoms with Crippen molar-refractivity contribution in [3.05, 3.63) is 23.2 Å². The highest BCUT2D eigenvalue weighted by atomic mass is 35.5. The van der Waals surface area contributed by atoms with Gasteiger partial charge < -0.3 is 10.1 Å². The maximum absolute atomic E-state index is 12.1. The molecule has 0 radical (unpaired) electrons. The van der Waals surface area contributed by atoms with Crippen LogP contribution in [0.3, 0.4) is 0 Å². The highest BCUT2D eigenvalue weighted by Crippen LogP contribution is 2.27. The third-order valence-electron chi connectivity index (χ3n) is 3.32. The van der Waals surface area contributed by atoms with E-state index >= 15 is 0 Å². The fourth-order valence-electron chi connectivity index (χ4n) is 2.11. The number of rotatable bonds is 6. The summed E-state index contributed by atoms with van der Waals surface area (Å²) in [5.74, 6) is 0.597. The number of benzene rings is 1. The number of halogens is 1. The molecule has 21 heavy (non-hydrogen) atoms. The summed E-state index contributed by atoms with van der Waals surface area (Å²) in [6.45, 7) is 4.05. The standard InChI is InChI=1S/C13H20ClN3O3S/c1-20-11-2-3-12(14)13(10-11)16-21(18,19)9-8-17-6-4-15-5-7-17/h2-3,10,15-16H,4-9H2,1H3.